The molecule has 1 aromatic carbocycles. The third kappa shape index (κ3) is 2.57. The summed E-state index contributed by atoms with van der Waals surface area (Å²) in [6.07, 6.45) is 4.55. The smallest absolute Gasteiger partial charge is 0.278 e. The maximum absolute atomic E-state index is 6.30. The summed E-state index contributed by atoms with van der Waals surface area (Å²) < 4.78 is 9.54. The molecule has 0 saturated carbocycles. The van der Waals surface area contributed by atoms with Gasteiger partial charge in [-0.15, -0.1) is 0 Å². The van der Waals surface area contributed by atoms with Crippen LogP contribution >= 0.6 is 11.6 Å². The second kappa shape index (κ2) is 6.31. The van der Waals surface area contributed by atoms with Crippen LogP contribution in [-0.4, -0.2) is 29.5 Å². The molecule has 0 saturated heterocycles. The number of imidazole rings is 1. The second-order valence-corrected chi connectivity index (χ2v) is 7.66. The zero-order chi connectivity index (χ0) is 19.4. The van der Waals surface area contributed by atoms with Gasteiger partial charge in [-0.05, 0) is 25.1 Å². The fourth-order valence-corrected chi connectivity index (χ4v) is 3.74. The maximum atomic E-state index is 6.30. The number of aromatic nitrogens is 6. The Bertz CT molecular complexity index is 1190. The molecule has 1 aliphatic rings. The van der Waals surface area contributed by atoms with Gasteiger partial charge in [0.2, 0.25) is 0 Å². The zero-order valence-electron chi connectivity index (χ0n) is 15.8. The summed E-state index contributed by atoms with van der Waals surface area (Å²) in [5.74, 6) is 1.31. The van der Waals surface area contributed by atoms with Crippen molar-refractivity contribution in [3.8, 4) is 28.5 Å². The van der Waals surface area contributed by atoms with Gasteiger partial charge in [0.1, 0.15) is 6.33 Å². The first-order chi connectivity index (χ1) is 13.5. The Hall–Kier alpha value is -2.93. The van der Waals surface area contributed by atoms with E-state index in [0.717, 1.165) is 34.7 Å². The molecule has 4 aromatic rings. The first kappa shape index (κ1) is 17.2. The molecular weight excluding hydrogens is 376 g/mol. The number of fused-ring (bicyclic) bond motifs is 5. The van der Waals surface area contributed by atoms with Gasteiger partial charge in [-0.3, -0.25) is 4.68 Å². The standard InChI is InChI=1S/C20H19ClN6O/c1-4-26-9-12-7-16-18(20-23-19(11(2)3)25-28-20)22-10-27(16)15-6-5-13(21)8-14(15)17(12)24-26/h5-6,8-11H,4,7H2,1-3H3. The third-order valence-corrected chi connectivity index (χ3v) is 5.25. The molecular formula is C20H19ClN6O. The monoisotopic (exact) mass is 394 g/mol. The summed E-state index contributed by atoms with van der Waals surface area (Å²) in [6.45, 7) is 6.95. The SMILES string of the molecule is CCn1cc2c(n1)-c1cc(Cl)ccc1-n1cnc(-c3nc(C(C)C)no3)c1C2. The number of benzene rings is 1. The van der Waals surface area contributed by atoms with Crippen LogP contribution in [0.25, 0.3) is 28.5 Å². The second-order valence-electron chi connectivity index (χ2n) is 7.22. The predicted octanol–water partition coefficient (Wildman–Crippen LogP) is 4.49. The highest BCUT2D eigenvalue weighted by atomic mass is 35.5. The van der Waals surface area contributed by atoms with E-state index in [4.69, 9.17) is 21.2 Å². The van der Waals surface area contributed by atoms with Crippen LogP contribution in [0.15, 0.2) is 35.2 Å². The summed E-state index contributed by atoms with van der Waals surface area (Å²) >= 11 is 6.30. The molecule has 0 radical (unpaired) electrons. The predicted molar refractivity (Wildman–Crippen MR) is 106 cm³/mol. The average molecular weight is 395 g/mol. The number of hydrogen-bond donors (Lipinski definition) is 0. The number of nitrogens with zero attached hydrogens (tertiary/aromatic N) is 6. The molecule has 8 heteroatoms. The normalized spacial score (nSPS) is 12.6. The van der Waals surface area contributed by atoms with Gasteiger partial charge in [0.15, 0.2) is 11.5 Å². The summed E-state index contributed by atoms with van der Waals surface area (Å²) in [7, 11) is 0. The minimum atomic E-state index is 0.191. The average Bonchev–Trinajstić information content (AvgIpc) is 3.39. The highest BCUT2D eigenvalue weighted by molar-refractivity contribution is 6.31. The highest BCUT2D eigenvalue weighted by Crippen LogP contribution is 2.38. The van der Waals surface area contributed by atoms with Crippen LogP contribution in [0.3, 0.4) is 0 Å². The summed E-state index contributed by atoms with van der Waals surface area (Å²) in [4.78, 5) is 9.15. The van der Waals surface area contributed by atoms with Crippen LogP contribution in [0, 0.1) is 0 Å². The van der Waals surface area contributed by atoms with Crippen LogP contribution in [0.4, 0.5) is 0 Å². The van der Waals surface area contributed by atoms with Crippen molar-refractivity contribution < 1.29 is 4.52 Å². The lowest BCUT2D eigenvalue weighted by atomic mass is 10.0. The van der Waals surface area contributed by atoms with Gasteiger partial charge in [-0.1, -0.05) is 30.6 Å². The van der Waals surface area contributed by atoms with E-state index in [9.17, 15) is 0 Å². The minimum Gasteiger partial charge on any atom is -0.332 e. The topological polar surface area (TPSA) is 74.6 Å². The number of aryl methyl sites for hydroxylation is 1. The number of hydrogen-bond acceptors (Lipinski definition) is 5. The van der Waals surface area contributed by atoms with Crippen LogP contribution < -0.4 is 0 Å². The van der Waals surface area contributed by atoms with Crippen molar-refractivity contribution >= 4 is 11.6 Å². The molecule has 0 fully saturated rings. The molecule has 7 nitrogen and oxygen atoms in total. The van der Waals surface area contributed by atoms with E-state index in [1.807, 2.05) is 36.7 Å². The van der Waals surface area contributed by atoms with Crippen molar-refractivity contribution in [1.29, 1.82) is 0 Å². The van der Waals surface area contributed by atoms with Gasteiger partial charge in [0.05, 0.1) is 17.1 Å². The molecule has 0 N–H and O–H groups in total. The lowest BCUT2D eigenvalue weighted by Crippen LogP contribution is -2.01. The lowest BCUT2D eigenvalue weighted by Gasteiger charge is -2.09. The molecule has 0 aliphatic carbocycles. The molecule has 0 unspecified atom stereocenters. The third-order valence-electron chi connectivity index (χ3n) is 5.02. The van der Waals surface area contributed by atoms with Crippen LogP contribution in [0.1, 0.15) is 43.8 Å². The van der Waals surface area contributed by atoms with Crippen molar-refractivity contribution in [2.24, 2.45) is 0 Å². The van der Waals surface area contributed by atoms with Crippen molar-refractivity contribution in [3.05, 3.63) is 52.8 Å². The Morgan fingerprint density at radius 2 is 2.11 bits per heavy atom. The van der Waals surface area contributed by atoms with Crippen LogP contribution in [0.5, 0.6) is 0 Å². The Morgan fingerprint density at radius 1 is 1.25 bits per heavy atom. The molecule has 5 rings (SSSR count). The van der Waals surface area contributed by atoms with E-state index in [0.29, 0.717) is 28.9 Å². The Balaban J connectivity index is 1.74. The fraction of sp³-hybridized carbons (Fsp3) is 0.300. The van der Waals surface area contributed by atoms with Crippen molar-refractivity contribution in [1.82, 2.24) is 29.5 Å². The van der Waals surface area contributed by atoms with Crippen molar-refractivity contribution in [2.75, 3.05) is 0 Å². The highest BCUT2D eigenvalue weighted by Gasteiger charge is 2.27. The van der Waals surface area contributed by atoms with Gasteiger partial charge < -0.3 is 9.09 Å². The van der Waals surface area contributed by atoms with E-state index in [2.05, 4.69) is 32.8 Å². The van der Waals surface area contributed by atoms with Gasteiger partial charge in [-0.2, -0.15) is 10.1 Å². The largest absolute Gasteiger partial charge is 0.332 e. The number of halogens is 1. The Kier molecular flexibility index (Phi) is 3.87. The van der Waals surface area contributed by atoms with E-state index in [-0.39, 0.29) is 5.92 Å². The molecule has 4 heterocycles. The first-order valence-electron chi connectivity index (χ1n) is 9.32. The molecule has 0 atom stereocenters. The molecule has 0 bridgehead atoms. The summed E-state index contributed by atoms with van der Waals surface area (Å²) in [5.41, 5.74) is 5.75. The van der Waals surface area contributed by atoms with Gasteiger partial charge in [0.25, 0.3) is 5.89 Å². The van der Waals surface area contributed by atoms with Crippen LogP contribution in [-0.2, 0) is 13.0 Å². The first-order valence-corrected chi connectivity index (χ1v) is 9.69. The van der Waals surface area contributed by atoms with Gasteiger partial charge in [-0.25, -0.2) is 4.98 Å². The summed E-state index contributed by atoms with van der Waals surface area (Å²) in [6, 6.07) is 5.84. The van der Waals surface area contributed by atoms with Crippen molar-refractivity contribution in [3.63, 3.8) is 0 Å². The van der Waals surface area contributed by atoms with Gasteiger partial charge in [0, 0.05) is 41.2 Å². The molecule has 142 valence electrons. The fourth-order valence-electron chi connectivity index (χ4n) is 3.56. The van der Waals surface area contributed by atoms with Crippen LogP contribution in [0.2, 0.25) is 5.02 Å². The van der Waals surface area contributed by atoms with E-state index >= 15 is 0 Å². The molecule has 28 heavy (non-hydrogen) atoms. The van der Waals surface area contributed by atoms with E-state index < -0.39 is 0 Å². The molecule has 0 spiro atoms. The number of rotatable bonds is 3. The summed E-state index contributed by atoms with van der Waals surface area (Å²) in [5, 5.41) is 9.55. The molecule has 3 aromatic heterocycles. The Morgan fingerprint density at radius 3 is 2.86 bits per heavy atom. The quantitative estimate of drug-likeness (QED) is 0.450. The maximum Gasteiger partial charge on any atom is 0.278 e. The molecule has 1 aliphatic heterocycles. The zero-order valence-corrected chi connectivity index (χ0v) is 16.6. The lowest BCUT2D eigenvalue weighted by molar-refractivity contribution is 0.418. The van der Waals surface area contributed by atoms with E-state index in [1.54, 1.807) is 6.33 Å². The van der Waals surface area contributed by atoms with E-state index in [1.165, 1.54) is 0 Å². The van der Waals surface area contributed by atoms with Gasteiger partial charge >= 0.3 is 0 Å². The van der Waals surface area contributed by atoms with Crippen molar-refractivity contribution in [2.45, 2.75) is 39.7 Å². The minimum absolute atomic E-state index is 0.191. The molecule has 0 amide bonds. The Labute approximate surface area is 167 Å².